The van der Waals surface area contributed by atoms with Crippen LogP contribution in [-0.4, -0.2) is 25.0 Å². The Bertz CT molecular complexity index is 977. The first-order valence-corrected chi connectivity index (χ1v) is 12.3. The van der Waals surface area contributed by atoms with Gasteiger partial charge in [0.05, 0.1) is 22.2 Å². The molecule has 6 nitrogen and oxygen atoms in total. The molecule has 0 unspecified atom stereocenters. The highest BCUT2D eigenvalue weighted by Gasteiger charge is 2.33. The second kappa shape index (κ2) is 12.3. The van der Waals surface area contributed by atoms with Gasteiger partial charge in [-0.05, 0) is 54.4 Å². The van der Waals surface area contributed by atoms with Crippen molar-refractivity contribution in [1.82, 2.24) is 0 Å². The van der Waals surface area contributed by atoms with Gasteiger partial charge in [-0.1, -0.05) is 74.7 Å². The monoisotopic (exact) mass is 507 g/mol. The second-order valence-corrected chi connectivity index (χ2v) is 9.88. The van der Waals surface area contributed by atoms with Crippen LogP contribution < -0.4 is 5.32 Å². The van der Waals surface area contributed by atoms with E-state index in [0.29, 0.717) is 44.7 Å². The molecule has 3 atom stereocenters. The zero-order valence-electron chi connectivity index (χ0n) is 19.7. The summed E-state index contributed by atoms with van der Waals surface area (Å²) >= 11 is 12.5. The van der Waals surface area contributed by atoms with Crippen molar-refractivity contribution in [2.75, 3.05) is 12.1 Å². The van der Waals surface area contributed by atoms with E-state index in [4.69, 9.17) is 37.4 Å². The molecule has 0 bridgehead atoms. The van der Waals surface area contributed by atoms with Gasteiger partial charge in [-0.2, -0.15) is 0 Å². The number of carbonyl (C=O) groups excluding carboxylic acids is 2. The highest BCUT2D eigenvalue weighted by atomic mass is 35.5. The Morgan fingerprint density at radius 2 is 1.74 bits per heavy atom. The van der Waals surface area contributed by atoms with Crippen LogP contribution in [0.2, 0.25) is 10.0 Å². The van der Waals surface area contributed by atoms with Gasteiger partial charge in [0.1, 0.15) is 6.10 Å². The smallest absolute Gasteiger partial charge is 0.431 e. The van der Waals surface area contributed by atoms with E-state index in [9.17, 15) is 9.59 Å². The minimum absolute atomic E-state index is 0.0286. The lowest BCUT2D eigenvalue weighted by atomic mass is 9.75. The van der Waals surface area contributed by atoms with Gasteiger partial charge in [0, 0.05) is 5.69 Å². The predicted molar refractivity (Wildman–Crippen MR) is 134 cm³/mol. The van der Waals surface area contributed by atoms with E-state index in [2.05, 4.69) is 26.1 Å². The Labute approximate surface area is 210 Å². The standard InChI is InChI=1S/C26H31Cl2NO5/c1-16(2)19-12-11-17(3)13-23(19)34-26(31)33-15-32-24(30)14-18-7-4-5-10-22(18)29-25-20(27)8-6-9-21(25)28/h4-10,16-17,19,23,29H,11-15H2,1-3H3/t17-,19+,23-/m1/s1. The summed E-state index contributed by atoms with van der Waals surface area (Å²) in [6.07, 6.45) is 1.96. The Kier molecular flexibility index (Phi) is 9.48. The Morgan fingerprint density at radius 3 is 2.44 bits per heavy atom. The third kappa shape index (κ3) is 7.28. The molecule has 184 valence electrons. The minimum atomic E-state index is -0.812. The van der Waals surface area contributed by atoms with Gasteiger partial charge in [-0.15, -0.1) is 0 Å². The molecule has 0 aromatic heterocycles. The van der Waals surface area contributed by atoms with E-state index < -0.39 is 18.9 Å². The quantitative estimate of drug-likeness (QED) is 0.296. The van der Waals surface area contributed by atoms with Gasteiger partial charge in [0.25, 0.3) is 0 Å². The molecule has 2 aromatic carbocycles. The summed E-state index contributed by atoms with van der Waals surface area (Å²) in [5.41, 5.74) is 1.90. The van der Waals surface area contributed by atoms with Crippen molar-refractivity contribution in [2.45, 2.75) is 52.6 Å². The van der Waals surface area contributed by atoms with Gasteiger partial charge in [-0.25, -0.2) is 4.79 Å². The summed E-state index contributed by atoms with van der Waals surface area (Å²) in [7, 11) is 0. The highest BCUT2D eigenvalue weighted by molar-refractivity contribution is 6.39. The van der Waals surface area contributed by atoms with Gasteiger partial charge in [0.2, 0.25) is 6.79 Å². The summed E-state index contributed by atoms with van der Waals surface area (Å²) in [6.45, 7) is 5.93. The minimum Gasteiger partial charge on any atom is -0.431 e. The molecule has 1 N–H and O–H groups in total. The second-order valence-electron chi connectivity index (χ2n) is 9.07. The molecular formula is C26H31Cl2NO5. The number of benzene rings is 2. The van der Waals surface area contributed by atoms with Gasteiger partial charge in [0.15, 0.2) is 0 Å². The summed E-state index contributed by atoms with van der Waals surface area (Å²) in [5.74, 6) is 0.679. The normalized spacial score (nSPS) is 20.0. The molecule has 0 radical (unpaired) electrons. The van der Waals surface area contributed by atoms with Gasteiger partial charge >= 0.3 is 12.1 Å². The molecule has 3 rings (SSSR count). The number of carbonyl (C=O) groups is 2. The molecule has 1 fully saturated rings. The number of hydrogen-bond acceptors (Lipinski definition) is 6. The molecule has 2 aromatic rings. The number of rotatable bonds is 8. The molecule has 1 aliphatic rings. The third-order valence-electron chi connectivity index (χ3n) is 6.18. The Hall–Kier alpha value is -2.44. The summed E-state index contributed by atoms with van der Waals surface area (Å²) in [4.78, 5) is 24.5. The van der Waals surface area contributed by atoms with Crippen molar-refractivity contribution in [3.8, 4) is 0 Å². The molecule has 1 saturated carbocycles. The van der Waals surface area contributed by atoms with Crippen LogP contribution in [-0.2, 0) is 25.4 Å². The molecule has 8 heteroatoms. The molecule has 0 spiro atoms. The number of ether oxygens (including phenoxy) is 3. The van der Waals surface area contributed by atoms with Crippen LogP contribution in [0.15, 0.2) is 42.5 Å². The largest absolute Gasteiger partial charge is 0.511 e. The summed E-state index contributed by atoms with van der Waals surface area (Å²) in [6, 6.07) is 12.4. The van der Waals surface area contributed by atoms with Crippen LogP contribution >= 0.6 is 23.2 Å². The van der Waals surface area contributed by atoms with E-state index >= 15 is 0 Å². The van der Waals surface area contributed by atoms with E-state index in [1.165, 1.54) is 0 Å². The lowest BCUT2D eigenvalue weighted by molar-refractivity contribution is -0.153. The maximum atomic E-state index is 12.4. The Morgan fingerprint density at radius 1 is 1.03 bits per heavy atom. The molecular weight excluding hydrogens is 477 g/mol. The fraction of sp³-hybridized carbons (Fsp3) is 0.462. The fourth-order valence-corrected chi connectivity index (χ4v) is 4.80. The summed E-state index contributed by atoms with van der Waals surface area (Å²) < 4.78 is 15.7. The average molecular weight is 508 g/mol. The molecule has 34 heavy (non-hydrogen) atoms. The van der Waals surface area contributed by atoms with Crippen LogP contribution in [0, 0.1) is 17.8 Å². The number of para-hydroxylation sites is 2. The van der Waals surface area contributed by atoms with Crippen molar-refractivity contribution in [3.63, 3.8) is 0 Å². The van der Waals surface area contributed by atoms with Crippen molar-refractivity contribution >= 4 is 46.7 Å². The highest BCUT2D eigenvalue weighted by Crippen LogP contribution is 2.36. The molecule has 0 amide bonds. The molecule has 0 aliphatic heterocycles. The molecule has 0 heterocycles. The zero-order chi connectivity index (χ0) is 24.7. The van der Waals surface area contributed by atoms with Crippen LogP contribution in [0.25, 0.3) is 0 Å². The third-order valence-corrected chi connectivity index (χ3v) is 6.81. The van der Waals surface area contributed by atoms with Crippen LogP contribution in [0.1, 0.15) is 45.6 Å². The van der Waals surface area contributed by atoms with Gasteiger partial charge in [-0.3, -0.25) is 4.79 Å². The average Bonchev–Trinajstić information content (AvgIpc) is 2.77. The molecule has 1 aliphatic carbocycles. The first-order chi connectivity index (χ1) is 16.2. The topological polar surface area (TPSA) is 73.9 Å². The maximum absolute atomic E-state index is 12.4. The fourth-order valence-electron chi connectivity index (χ4n) is 4.31. The first-order valence-electron chi connectivity index (χ1n) is 11.5. The SMILES string of the molecule is CC(C)[C@@H]1CC[C@@H](C)C[C@H]1OC(=O)OCOC(=O)Cc1ccccc1Nc1c(Cl)cccc1Cl. The molecule has 0 saturated heterocycles. The van der Waals surface area contributed by atoms with E-state index in [1.54, 1.807) is 24.3 Å². The number of hydrogen-bond donors (Lipinski definition) is 1. The lowest BCUT2D eigenvalue weighted by Crippen LogP contribution is -2.36. The van der Waals surface area contributed by atoms with Crippen LogP contribution in [0.4, 0.5) is 16.2 Å². The number of anilines is 2. The van der Waals surface area contributed by atoms with Crippen molar-refractivity contribution in [2.24, 2.45) is 17.8 Å². The van der Waals surface area contributed by atoms with E-state index in [0.717, 1.165) is 19.3 Å². The van der Waals surface area contributed by atoms with Crippen LogP contribution in [0.5, 0.6) is 0 Å². The predicted octanol–water partition coefficient (Wildman–Crippen LogP) is 7.39. The lowest BCUT2D eigenvalue weighted by Gasteiger charge is -2.36. The number of nitrogens with one attached hydrogen (secondary N) is 1. The maximum Gasteiger partial charge on any atom is 0.511 e. The Balaban J connectivity index is 1.50. The van der Waals surface area contributed by atoms with Crippen molar-refractivity contribution in [1.29, 1.82) is 0 Å². The zero-order valence-corrected chi connectivity index (χ0v) is 21.2. The number of esters is 1. The van der Waals surface area contributed by atoms with E-state index in [1.807, 2.05) is 18.2 Å². The first kappa shape index (κ1) is 26.2. The van der Waals surface area contributed by atoms with Crippen LogP contribution in [0.3, 0.4) is 0 Å². The van der Waals surface area contributed by atoms with Crippen molar-refractivity contribution < 1.29 is 23.8 Å². The van der Waals surface area contributed by atoms with E-state index in [-0.39, 0.29) is 12.5 Å². The number of halogens is 2. The summed E-state index contributed by atoms with van der Waals surface area (Å²) in [5, 5.41) is 4.10. The van der Waals surface area contributed by atoms with Crippen molar-refractivity contribution in [3.05, 3.63) is 58.1 Å². The van der Waals surface area contributed by atoms with Gasteiger partial charge < -0.3 is 19.5 Å².